The predicted octanol–water partition coefficient (Wildman–Crippen LogP) is 5.66. The molecule has 2 aromatic heterocycles. The molecule has 0 radical (unpaired) electrons. The van der Waals surface area contributed by atoms with Gasteiger partial charge in [0.15, 0.2) is 5.76 Å². The third kappa shape index (κ3) is 4.55. The quantitative estimate of drug-likeness (QED) is 0.216. The van der Waals surface area contributed by atoms with Gasteiger partial charge in [-0.25, -0.2) is 10.2 Å². The first-order valence-corrected chi connectivity index (χ1v) is 10.1. The third-order valence-corrected chi connectivity index (χ3v) is 5.15. The number of benzene rings is 2. The summed E-state index contributed by atoms with van der Waals surface area (Å²) >= 11 is 9.52. The standard InChI is InChI=1S/C22H14BrClN2O5/c1-29-22(28)16-5-2-12(9-17(16)24)18-7-4-15(30-18)11-25-26-21(27)20-10-13-8-14(23)3-6-19(13)31-20/h2-11H,1H3,(H,26,27)/b25-11+. The van der Waals surface area contributed by atoms with E-state index >= 15 is 0 Å². The molecule has 1 N–H and O–H groups in total. The van der Waals surface area contributed by atoms with E-state index in [0.717, 1.165) is 9.86 Å². The van der Waals surface area contributed by atoms with Crippen LogP contribution in [0.15, 0.2) is 73.0 Å². The molecule has 0 aliphatic heterocycles. The van der Waals surface area contributed by atoms with Crippen LogP contribution in [0.4, 0.5) is 0 Å². The lowest BCUT2D eigenvalue weighted by atomic mass is 10.1. The Bertz CT molecular complexity index is 1320. The van der Waals surface area contributed by atoms with E-state index in [4.69, 9.17) is 20.4 Å². The molecule has 0 spiro atoms. The first-order chi connectivity index (χ1) is 14.9. The molecule has 0 aliphatic rings. The van der Waals surface area contributed by atoms with Crippen molar-refractivity contribution in [2.75, 3.05) is 7.11 Å². The van der Waals surface area contributed by atoms with E-state index in [2.05, 4.69) is 31.2 Å². The second kappa shape index (κ2) is 8.79. The molecule has 7 nitrogen and oxygen atoms in total. The molecule has 0 bridgehead atoms. The van der Waals surface area contributed by atoms with Gasteiger partial charge in [-0.15, -0.1) is 0 Å². The molecule has 0 fully saturated rings. The van der Waals surface area contributed by atoms with Crippen molar-refractivity contribution in [1.82, 2.24) is 5.43 Å². The average Bonchev–Trinajstić information content (AvgIpc) is 3.40. The Labute approximate surface area is 189 Å². The van der Waals surface area contributed by atoms with E-state index in [9.17, 15) is 9.59 Å². The number of ether oxygens (including phenoxy) is 1. The van der Waals surface area contributed by atoms with Crippen LogP contribution < -0.4 is 5.43 Å². The summed E-state index contributed by atoms with van der Waals surface area (Å²) in [4.78, 5) is 23.9. The Balaban J connectivity index is 1.44. The topological polar surface area (TPSA) is 94.0 Å². The summed E-state index contributed by atoms with van der Waals surface area (Å²) in [6.07, 6.45) is 1.37. The first kappa shape index (κ1) is 20.9. The number of carbonyl (C=O) groups excluding carboxylic acids is 2. The molecule has 0 saturated heterocycles. The highest BCUT2D eigenvalue weighted by Crippen LogP contribution is 2.27. The largest absolute Gasteiger partial charge is 0.465 e. The molecule has 1 amide bonds. The maximum atomic E-state index is 12.3. The summed E-state index contributed by atoms with van der Waals surface area (Å²) < 4.78 is 16.8. The lowest BCUT2D eigenvalue weighted by Crippen LogP contribution is -2.16. The molecule has 0 atom stereocenters. The zero-order valence-electron chi connectivity index (χ0n) is 16.0. The Hall–Kier alpha value is -3.36. The van der Waals surface area contributed by atoms with Gasteiger partial charge < -0.3 is 13.6 Å². The van der Waals surface area contributed by atoms with Crippen molar-refractivity contribution in [3.8, 4) is 11.3 Å². The number of nitrogens with one attached hydrogen (secondary N) is 1. The zero-order valence-corrected chi connectivity index (χ0v) is 18.4. The van der Waals surface area contributed by atoms with Gasteiger partial charge >= 0.3 is 11.9 Å². The van der Waals surface area contributed by atoms with Crippen LogP contribution in [0, 0.1) is 0 Å². The molecule has 0 saturated carbocycles. The van der Waals surface area contributed by atoms with Crippen LogP contribution in [-0.4, -0.2) is 25.2 Å². The number of furan rings is 2. The van der Waals surface area contributed by atoms with Crippen LogP contribution in [0.3, 0.4) is 0 Å². The van der Waals surface area contributed by atoms with E-state index < -0.39 is 11.9 Å². The number of methoxy groups -OCH3 is 1. The first-order valence-electron chi connectivity index (χ1n) is 8.95. The summed E-state index contributed by atoms with van der Waals surface area (Å²) in [6.45, 7) is 0. The van der Waals surface area contributed by atoms with Crippen molar-refractivity contribution in [2.24, 2.45) is 5.10 Å². The number of esters is 1. The SMILES string of the molecule is COC(=O)c1ccc(-c2ccc(/C=N/NC(=O)c3cc4cc(Br)ccc4o3)o2)cc1Cl. The van der Waals surface area contributed by atoms with Crippen LogP contribution in [0.5, 0.6) is 0 Å². The highest BCUT2D eigenvalue weighted by Gasteiger charge is 2.14. The summed E-state index contributed by atoms with van der Waals surface area (Å²) in [7, 11) is 1.29. The lowest BCUT2D eigenvalue weighted by Gasteiger charge is -2.04. The number of fused-ring (bicyclic) bond motifs is 1. The summed E-state index contributed by atoms with van der Waals surface area (Å²) in [5.41, 5.74) is 3.94. The van der Waals surface area contributed by atoms with Crippen molar-refractivity contribution < 1.29 is 23.2 Å². The third-order valence-electron chi connectivity index (χ3n) is 4.35. The number of hydrogen-bond acceptors (Lipinski definition) is 6. The van der Waals surface area contributed by atoms with Gasteiger partial charge in [0.05, 0.1) is 23.9 Å². The van der Waals surface area contributed by atoms with Crippen molar-refractivity contribution in [2.45, 2.75) is 0 Å². The van der Waals surface area contributed by atoms with E-state index in [0.29, 0.717) is 22.7 Å². The number of hydrazone groups is 1. The van der Waals surface area contributed by atoms with Crippen molar-refractivity contribution in [1.29, 1.82) is 0 Å². The molecule has 2 aromatic carbocycles. The number of halogens is 2. The summed E-state index contributed by atoms with van der Waals surface area (Å²) in [6, 6.07) is 15.4. The minimum atomic E-state index is -0.517. The number of amides is 1. The fourth-order valence-corrected chi connectivity index (χ4v) is 3.49. The van der Waals surface area contributed by atoms with Crippen LogP contribution in [-0.2, 0) is 4.74 Å². The van der Waals surface area contributed by atoms with Crippen LogP contribution in [0.2, 0.25) is 5.02 Å². The van der Waals surface area contributed by atoms with E-state index in [1.54, 1.807) is 42.5 Å². The van der Waals surface area contributed by atoms with Gasteiger partial charge in [-0.05, 0) is 48.5 Å². The van der Waals surface area contributed by atoms with Crippen LogP contribution in [0.25, 0.3) is 22.3 Å². The van der Waals surface area contributed by atoms with Gasteiger partial charge in [-0.3, -0.25) is 4.79 Å². The molecule has 4 aromatic rings. The monoisotopic (exact) mass is 500 g/mol. The van der Waals surface area contributed by atoms with Gasteiger partial charge in [-0.2, -0.15) is 5.10 Å². The zero-order chi connectivity index (χ0) is 22.0. The van der Waals surface area contributed by atoms with E-state index in [-0.39, 0.29) is 16.3 Å². The van der Waals surface area contributed by atoms with Gasteiger partial charge in [0.1, 0.15) is 17.1 Å². The van der Waals surface area contributed by atoms with Gasteiger partial charge in [0, 0.05) is 15.4 Å². The number of carbonyl (C=O) groups is 2. The second-order valence-electron chi connectivity index (χ2n) is 6.38. The Kier molecular flexibility index (Phi) is 5.92. The molecule has 9 heteroatoms. The van der Waals surface area contributed by atoms with Gasteiger partial charge in [0.2, 0.25) is 0 Å². The van der Waals surface area contributed by atoms with Crippen molar-refractivity contribution in [3.05, 3.63) is 81.2 Å². The molecule has 2 heterocycles. The van der Waals surface area contributed by atoms with Crippen LogP contribution >= 0.6 is 27.5 Å². The Morgan fingerprint density at radius 1 is 1.10 bits per heavy atom. The predicted molar refractivity (Wildman–Crippen MR) is 119 cm³/mol. The smallest absolute Gasteiger partial charge is 0.339 e. The summed E-state index contributed by atoms with van der Waals surface area (Å²) in [5, 5.41) is 4.96. The molecular weight excluding hydrogens is 488 g/mol. The Morgan fingerprint density at radius 2 is 1.94 bits per heavy atom. The highest BCUT2D eigenvalue weighted by molar-refractivity contribution is 9.10. The molecule has 0 unspecified atom stereocenters. The fraction of sp³-hybridized carbons (Fsp3) is 0.0455. The Morgan fingerprint density at radius 3 is 2.71 bits per heavy atom. The van der Waals surface area contributed by atoms with E-state index in [1.165, 1.54) is 13.3 Å². The van der Waals surface area contributed by atoms with Crippen LogP contribution in [0.1, 0.15) is 26.7 Å². The molecule has 0 aliphatic carbocycles. The van der Waals surface area contributed by atoms with Crippen molar-refractivity contribution in [3.63, 3.8) is 0 Å². The van der Waals surface area contributed by atoms with E-state index in [1.807, 2.05) is 12.1 Å². The lowest BCUT2D eigenvalue weighted by molar-refractivity contribution is 0.0600. The molecule has 4 rings (SSSR count). The van der Waals surface area contributed by atoms with Gasteiger partial charge in [-0.1, -0.05) is 33.6 Å². The maximum absolute atomic E-state index is 12.3. The fourth-order valence-electron chi connectivity index (χ4n) is 2.86. The minimum Gasteiger partial charge on any atom is -0.465 e. The summed E-state index contributed by atoms with van der Waals surface area (Å²) in [5.74, 6) is 0.0776. The molecular formula is C22H14BrClN2O5. The second-order valence-corrected chi connectivity index (χ2v) is 7.70. The highest BCUT2D eigenvalue weighted by atomic mass is 79.9. The van der Waals surface area contributed by atoms with Gasteiger partial charge in [0.25, 0.3) is 0 Å². The number of hydrogen-bond donors (Lipinski definition) is 1. The van der Waals surface area contributed by atoms with Crippen molar-refractivity contribution >= 4 is 56.6 Å². The average molecular weight is 502 g/mol. The normalized spacial score (nSPS) is 11.2. The minimum absolute atomic E-state index is 0.144. The number of rotatable bonds is 5. The number of nitrogens with zero attached hydrogens (tertiary/aromatic N) is 1. The molecule has 156 valence electrons. The maximum Gasteiger partial charge on any atom is 0.339 e. The molecule has 31 heavy (non-hydrogen) atoms.